The van der Waals surface area contributed by atoms with Crippen LogP contribution in [-0.4, -0.2) is 86.7 Å². The molecule has 2 aliphatic heterocycles. The van der Waals surface area contributed by atoms with Crippen LogP contribution >= 0.6 is 0 Å². The molecule has 0 aromatic carbocycles. The van der Waals surface area contributed by atoms with Gasteiger partial charge in [-0.05, 0) is 38.1 Å². The Morgan fingerprint density at radius 3 is 2.35 bits per heavy atom. The van der Waals surface area contributed by atoms with Crippen LogP contribution in [0.4, 0.5) is 0 Å². The van der Waals surface area contributed by atoms with Gasteiger partial charge in [0.25, 0.3) is 0 Å². The molecule has 0 atom stereocenters. The Bertz CT molecular complexity index is 346. The number of hydrogen-bond donors (Lipinski definition) is 0. The molecule has 0 aromatic rings. The first-order chi connectivity index (χ1) is 11.1. The number of rotatable bonds is 7. The molecule has 23 heavy (non-hydrogen) atoms. The highest BCUT2D eigenvalue weighted by Crippen LogP contribution is 2.24. The Balaban J connectivity index is 1.50. The van der Waals surface area contributed by atoms with Gasteiger partial charge >= 0.3 is 0 Å². The maximum Gasteiger partial charge on any atom is 0.248 e. The lowest BCUT2D eigenvalue weighted by Gasteiger charge is -2.34. The molecule has 2 heterocycles. The Labute approximate surface area is 141 Å². The van der Waals surface area contributed by atoms with E-state index in [1.807, 2.05) is 4.90 Å². The quantitative estimate of drug-likeness (QED) is 0.665. The van der Waals surface area contributed by atoms with Gasteiger partial charge in [-0.15, -0.1) is 0 Å². The van der Waals surface area contributed by atoms with Crippen molar-refractivity contribution in [3.63, 3.8) is 0 Å². The zero-order valence-electron chi connectivity index (χ0n) is 15.3. The Morgan fingerprint density at radius 2 is 1.74 bits per heavy atom. The average molecular weight is 325 g/mol. The Hall–Kier alpha value is -0.650. The molecule has 2 rings (SSSR count). The predicted octanol–water partition coefficient (Wildman–Crippen LogP) is 1.54. The number of nitrogens with zero attached hydrogens (tertiary/aromatic N) is 3. The van der Waals surface area contributed by atoms with E-state index in [1.54, 1.807) is 0 Å². The van der Waals surface area contributed by atoms with Crippen LogP contribution in [0.25, 0.3) is 0 Å². The molecule has 0 aromatic heterocycles. The van der Waals surface area contributed by atoms with Crippen LogP contribution in [0.3, 0.4) is 0 Å². The summed E-state index contributed by atoms with van der Waals surface area (Å²) in [5, 5.41) is 0. The van der Waals surface area contributed by atoms with Crippen molar-refractivity contribution in [3.05, 3.63) is 0 Å². The van der Waals surface area contributed by atoms with Crippen LogP contribution in [0.1, 0.15) is 33.1 Å². The molecular formula is C18H35N3O2. The van der Waals surface area contributed by atoms with Crippen molar-refractivity contribution in [2.24, 2.45) is 11.8 Å². The number of carbonyl (C=O) groups excluding carboxylic acids is 1. The number of ether oxygens (including phenoxy) is 1. The third-order valence-corrected chi connectivity index (χ3v) is 5.42. The van der Waals surface area contributed by atoms with E-state index in [2.05, 4.69) is 30.7 Å². The summed E-state index contributed by atoms with van der Waals surface area (Å²) < 4.78 is 5.61. The number of likely N-dealkylation sites (N-methyl/N-ethyl adjacent to an activating group) is 1. The van der Waals surface area contributed by atoms with Crippen LogP contribution in [0.15, 0.2) is 0 Å². The van der Waals surface area contributed by atoms with Crippen LogP contribution in [-0.2, 0) is 9.53 Å². The molecule has 0 bridgehead atoms. The minimum absolute atomic E-state index is 0.173. The summed E-state index contributed by atoms with van der Waals surface area (Å²) in [4.78, 5) is 19.0. The van der Waals surface area contributed by atoms with Crippen molar-refractivity contribution < 1.29 is 9.53 Å². The van der Waals surface area contributed by atoms with E-state index < -0.39 is 0 Å². The minimum Gasteiger partial charge on any atom is -0.372 e. The number of piperazine rings is 1. The smallest absolute Gasteiger partial charge is 0.248 e. The number of hydrogen-bond acceptors (Lipinski definition) is 4. The molecule has 5 nitrogen and oxygen atoms in total. The van der Waals surface area contributed by atoms with Gasteiger partial charge in [0, 0.05) is 52.4 Å². The molecule has 0 aliphatic carbocycles. The van der Waals surface area contributed by atoms with Crippen molar-refractivity contribution in [3.8, 4) is 0 Å². The highest BCUT2D eigenvalue weighted by molar-refractivity contribution is 5.77. The molecule has 0 radical (unpaired) electrons. The van der Waals surface area contributed by atoms with Crippen molar-refractivity contribution in [2.45, 2.75) is 33.1 Å². The molecule has 2 aliphatic rings. The van der Waals surface area contributed by atoms with E-state index in [1.165, 1.54) is 0 Å². The maximum atomic E-state index is 12.2. The average Bonchev–Trinajstić information content (AvgIpc) is 2.56. The van der Waals surface area contributed by atoms with Crippen LogP contribution in [0.5, 0.6) is 0 Å². The second kappa shape index (κ2) is 9.60. The van der Waals surface area contributed by atoms with Gasteiger partial charge < -0.3 is 19.4 Å². The van der Waals surface area contributed by atoms with Gasteiger partial charge in [0.2, 0.25) is 5.91 Å². The lowest BCUT2D eigenvalue weighted by atomic mass is 9.87. The maximum absolute atomic E-state index is 12.2. The van der Waals surface area contributed by atoms with E-state index in [-0.39, 0.29) is 12.5 Å². The first-order valence-electron chi connectivity index (χ1n) is 9.32. The summed E-state index contributed by atoms with van der Waals surface area (Å²) in [7, 11) is 2.18. The Morgan fingerprint density at radius 1 is 1.09 bits per heavy atom. The summed E-state index contributed by atoms with van der Waals surface area (Å²) in [5.74, 6) is 1.69. The first-order valence-corrected chi connectivity index (χ1v) is 9.32. The standard InChI is InChI=1S/C18H35N3O2/c1-16(2)17-5-8-21(9-6-17)18(22)15-23-14-4-7-20-12-10-19(3)11-13-20/h16-17H,4-15H2,1-3H3. The molecular weight excluding hydrogens is 290 g/mol. The lowest BCUT2D eigenvalue weighted by Crippen LogP contribution is -2.44. The van der Waals surface area contributed by atoms with Gasteiger partial charge in [-0.1, -0.05) is 13.8 Å². The third kappa shape index (κ3) is 6.40. The molecule has 0 unspecified atom stereocenters. The fourth-order valence-electron chi connectivity index (χ4n) is 3.53. The van der Waals surface area contributed by atoms with Crippen molar-refractivity contribution in [1.82, 2.24) is 14.7 Å². The molecule has 0 spiro atoms. The molecule has 1 amide bonds. The largest absolute Gasteiger partial charge is 0.372 e. The Kier molecular flexibility index (Phi) is 7.80. The monoisotopic (exact) mass is 325 g/mol. The lowest BCUT2D eigenvalue weighted by molar-refractivity contribution is -0.137. The highest BCUT2D eigenvalue weighted by Gasteiger charge is 2.24. The summed E-state index contributed by atoms with van der Waals surface area (Å²) in [6.07, 6.45) is 3.31. The number of carbonyl (C=O) groups is 1. The molecule has 0 saturated carbocycles. The van der Waals surface area contributed by atoms with Crippen LogP contribution in [0.2, 0.25) is 0 Å². The van der Waals surface area contributed by atoms with Gasteiger partial charge in [0.15, 0.2) is 0 Å². The van der Waals surface area contributed by atoms with E-state index in [0.29, 0.717) is 6.61 Å². The van der Waals surface area contributed by atoms with Gasteiger partial charge in [0.1, 0.15) is 6.61 Å². The zero-order chi connectivity index (χ0) is 16.7. The van der Waals surface area contributed by atoms with Crippen LogP contribution in [0, 0.1) is 11.8 Å². The van der Waals surface area contributed by atoms with Crippen molar-refractivity contribution in [1.29, 1.82) is 0 Å². The fraction of sp³-hybridized carbons (Fsp3) is 0.944. The first kappa shape index (κ1) is 18.7. The summed E-state index contributed by atoms with van der Waals surface area (Å²) in [6.45, 7) is 13.0. The van der Waals surface area contributed by atoms with E-state index >= 15 is 0 Å². The van der Waals surface area contributed by atoms with E-state index in [4.69, 9.17) is 4.74 Å². The summed E-state index contributed by atoms with van der Waals surface area (Å²) >= 11 is 0. The molecule has 5 heteroatoms. The van der Waals surface area contributed by atoms with Crippen molar-refractivity contribution in [2.75, 3.05) is 66.1 Å². The fourth-order valence-corrected chi connectivity index (χ4v) is 3.53. The second-order valence-corrected chi connectivity index (χ2v) is 7.51. The SMILES string of the molecule is CC(C)C1CCN(C(=O)COCCCN2CCN(C)CC2)CC1. The van der Waals surface area contributed by atoms with Crippen molar-refractivity contribution >= 4 is 5.91 Å². The van der Waals surface area contributed by atoms with E-state index in [9.17, 15) is 4.79 Å². The molecule has 2 fully saturated rings. The summed E-state index contributed by atoms with van der Waals surface area (Å²) in [5.41, 5.74) is 0. The van der Waals surface area contributed by atoms with Gasteiger partial charge in [-0.3, -0.25) is 4.79 Å². The van der Waals surface area contributed by atoms with Gasteiger partial charge in [-0.25, -0.2) is 0 Å². The number of amides is 1. The normalized spacial score (nSPS) is 22.0. The molecule has 134 valence electrons. The molecule has 2 saturated heterocycles. The highest BCUT2D eigenvalue weighted by atomic mass is 16.5. The van der Waals surface area contributed by atoms with Gasteiger partial charge in [0.05, 0.1) is 0 Å². The predicted molar refractivity (Wildman–Crippen MR) is 93.5 cm³/mol. The number of piperidine rings is 1. The van der Waals surface area contributed by atoms with E-state index in [0.717, 1.165) is 76.9 Å². The third-order valence-electron chi connectivity index (χ3n) is 5.42. The minimum atomic E-state index is 0.173. The van der Waals surface area contributed by atoms with Gasteiger partial charge in [-0.2, -0.15) is 0 Å². The van der Waals surface area contributed by atoms with Crippen LogP contribution < -0.4 is 0 Å². The number of likely N-dealkylation sites (tertiary alicyclic amines) is 1. The molecule has 0 N–H and O–H groups in total. The zero-order valence-corrected chi connectivity index (χ0v) is 15.3. The summed E-state index contributed by atoms with van der Waals surface area (Å²) in [6, 6.07) is 0. The second-order valence-electron chi connectivity index (χ2n) is 7.51. The topological polar surface area (TPSA) is 36.0 Å².